The SMILES string of the molecule is Cc1ccccc1.Nc1n[nH]c2c(CN3CCOCC3)ccc(-c3ccc(NC(=O)Nc4cccc(C(F)(F)F)c4)cc3)c12. The molecule has 2 heterocycles. The number of hydrogen-bond acceptors (Lipinski definition) is 5. The van der Waals surface area contributed by atoms with Crippen LogP contribution in [0.2, 0.25) is 0 Å². The van der Waals surface area contributed by atoms with E-state index in [1.807, 2.05) is 36.4 Å². The number of aromatic amines is 1. The van der Waals surface area contributed by atoms with Crippen molar-refractivity contribution in [2.24, 2.45) is 0 Å². The molecule has 0 bridgehead atoms. The number of ether oxygens (including phenoxy) is 1. The maximum atomic E-state index is 12.9. The second kappa shape index (κ2) is 13.6. The van der Waals surface area contributed by atoms with Gasteiger partial charge in [-0.1, -0.05) is 66.2 Å². The summed E-state index contributed by atoms with van der Waals surface area (Å²) in [5.74, 6) is 0.400. The fourth-order valence-electron chi connectivity index (χ4n) is 4.92. The van der Waals surface area contributed by atoms with Gasteiger partial charge < -0.3 is 21.1 Å². The molecule has 4 aromatic carbocycles. The summed E-state index contributed by atoms with van der Waals surface area (Å²) in [6.45, 7) is 5.99. The van der Waals surface area contributed by atoms with Crippen molar-refractivity contribution in [1.82, 2.24) is 15.1 Å². The Morgan fingerprint density at radius 3 is 2.30 bits per heavy atom. The van der Waals surface area contributed by atoms with Crippen LogP contribution < -0.4 is 16.4 Å². The number of nitrogens with two attached hydrogens (primary N) is 1. The minimum absolute atomic E-state index is 0.0407. The number of anilines is 3. The van der Waals surface area contributed by atoms with Gasteiger partial charge in [-0.3, -0.25) is 10.00 Å². The lowest BCUT2D eigenvalue weighted by atomic mass is 9.98. The number of H-pyrrole nitrogens is 1. The van der Waals surface area contributed by atoms with Gasteiger partial charge in [0.2, 0.25) is 0 Å². The maximum Gasteiger partial charge on any atom is 0.416 e. The van der Waals surface area contributed by atoms with Crippen LogP contribution in [0.3, 0.4) is 0 Å². The van der Waals surface area contributed by atoms with Crippen molar-refractivity contribution in [3.05, 3.63) is 108 Å². The number of aromatic nitrogens is 2. The normalized spacial score (nSPS) is 13.6. The molecule has 1 saturated heterocycles. The van der Waals surface area contributed by atoms with Crippen LogP contribution in [0.15, 0.2) is 91.0 Å². The highest BCUT2D eigenvalue weighted by atomic mass is 19.4. The number of nitrogen functional groups attached to an aromatic ring is 1. The van der Waals surface area contributed by atoms with Crippen LogP contribution in [0.1, 0.15) is 16.7 Å². The summed E-state index contributed by atoms with van der Waals surface area (Å²) < 4.78 is 44.2. The molecule has 6 rings (SSSR count). The Morgan fingerprint density at radius 2 is 1.64 bits per heavy atom. The van der Waals surface area contributed by atoms with Gasteiger partial charge in [-0.25, -0.2) is 4.79 Å². The third-order valence-electron chi connectivity index (χ3n) is 7.18. The molecule has 0 spiro atoms. The lowest BCUT2D eigenvalue weighted by Gasteiger charge is -2.26. The van der Waals surface area contributed by atoms with Crippen molar-refractivity contribution in [2.45, 2.75) is 19.6 Å². The number of aryl methyl sites for hydroxylation is 1. The highest BCUT2D eigenvalue weighted by molar-refractivity contribution is 6.03. The van der Waals surface area contributed by atoms with Crippen LogP contribution in [-0.2, 0) is 17.5 Å². The standard InChI is InChI=1S/C26H25F3N6O2.C7H8/c27-26(28,29)18-2-1-3-20(14-18)32-25(36)31-19-7-4-16(5-8-19)21-9-6-17(15-35-10-12-37-13-11-35)23-22(21)24(30)34-33-23;1-7-5-3-2-4-6-7/h1-9,14H,10-13,15H2,(H3,30,33,34)(H2,31,32,36);2-6H,1H3. The van der Waals surface area contributed by atoms with Gasteiger partial charge in [0.25, 0.3) is 0 Å². The van der Waals surface area contributed by atoms with Gasteiger partial charge in [0.05, 0.1) is 29.7 Å². The molecule has 0 unspecified atom stereocenters. The third-order valence-corrected chi connectivity index (χ3v) is 7.18. The van der Waals surface area contributed by atoms with Crippen molar-refractivity contribution in [3.63, 3.8) is 0 Å². The molecule has 1 aliphatic rings. The van der Waals surface area contributed by atoms with Crippen molar-refractivity contribution < 1.29 is 22.7 Å². The number of halogens is 3. The second-order valence-electron chi connectivity index (χ2n) is 10.4. The first-order valence-electron chi connectivity index (χ1n) is 14.1. The van der Waals surface area contributed by atoms with E-state index in [1.54, 1.807) is 12.1 Å². The number of amides is 2. The Bertz CT molecular complexity index is 1700. The Hall–Kier alpha value is -4.87. The van der Waals surface area contributed by atoms with E-state index in [-0.39, 0.29) is 5.69 Å². The molecular weight excluding hydrogens is 569 g/mol. The Morgan fingerprint density at radius 1 is 0.932 bits per heavy atom. The van der Waals surface area contributed by atoms with Gasteiger partial charge in [-0.2, -0.15) is 18.3 Å². The molecule has 5 aromatic rings. The zero-order chi connectivity index (χ0) is 31.1. The van der Waals surface area contributed by atoms with Gasteiger partial charge in [0, 0.05) is 31.0 Å². The van der Waals surface area contributed by atoms with Crippen LogP contribution in [0.25, 0.3) is 22.0 Å². The van der Waals surface area contributed by atoms with E-state index in [9.17, 15) is 18.0 Å². The summed E-state index contributed by atoms with van der Waals surface area (Å²) in [5, 5.41) is 13.2. The average Bonchev–Trinajstić information content (AvgIpc) is 3.41. The number of hydrogen-bond donors (Lipinski definition) is 4. The molecule has 44 heavy (non-hydrogen) atoms. The van der Waals surface area contributed by atoms with Crippen LogP contribution in [-0.4, -0.2) is 47.4 Å². The molecule has 11 heteroatoms. The molecule has 5 N–H and O–H groups in total. The van der Waals surface area contributed by atoms with E-state index in [4.69, 9.17) is 10.5 Å². The number of carbonyl (C=O) groups excluding carboxylic acids is 1. The lowest BCUT2D eigenvalue weighted by Crippen LogP contribution is -2.35. The molecule has 2 amide bonds. The van der Waals surface area contributed by atoms with Gasteiger partial charge in [-0.05, 0) is 53.9 Å². The van der Waals surface area contributed by atoms with E-state index in [2.05, 4.69) is 50.9 Å². The number of alkyl halides is 3. The van der Waals surface area contributed by atoms with E-state index in [0.29, 0.717) is 24.7 Å². The first-order valence-corrected chi connectivity index (χ1v) is 14.1. The maximum absolute atomic E-state index is 12.9. The predicted octanol–water partition coefficient (Wildman–Crippen LogP) is 7.30. The Kier molecular flexibility index (Phi) is 9.47. The highest BCUT2D eigenvalue weighted by Crippen LogP contribution is 2.35. The molecule has 228 valence electrons. The van der Waals surface area contributed by atoms with Crippen molar-refractivity contribution >= 4 is 34.1 Å². The molecule has 0 saturated carbocycles. The molecule has 1 fully saturated rings. The fraction of sp³-hybridized carbons (Fsp3) is 0.212. The predicted molar refractivity (Wildman–Crippen MR) is 167 cm³/mol. The summed E-state index contributed by atoms with van der Waals surface area (Å²) >= 11 is 0. The van der Waals surface area contributed by atoms with Crippen LogP contribution in [0.4, 0.5) is 35.2 Å². The summed E-state index contributed by atoms with van der Waals surface area (Å²) in [6.07, 6.45) is -4.49. The van der Waals surface area contributed by atoms with E-state index >= 15 is 0 Å². The van der Waals surface area contributed by atoms with Gasteiger partial charge in [-0.15, -0.1) is 0 Å². The topological polar surface area (TPSA) is 108 Å². The van der Waals surface area contributed by atoms with Crippen LogP contribution in [0.5, 0.6) is 0 Å². The molecule has 0 atom stereocenters. The van der Waals surface area contributed by atoms with Crippen molar-refractivity contribution in [1.29, 1.82) is 0 Å². The number of morpholine rings is 1. The monoisotopic (exact) mass is 602 g/mol. The molecule has 0 radical (unpaired) electrons. The fourth-order valence-corrected chi connectivity index (χ4v) is 4.92. The molecular formula is C33H33F3N6O2. The number of urea groups is 1. The molecule has 1 aromatic heterocycles. The highest BCUT2D eigenvalue weighted by Gasteiger charge is 2.30. The second-order valence-corrected chi connectivity index (χ2v) is 10.4. The summed E-state index contributed by atoms with van der Waals surface area (Å²) in [7, 11) is 0. The third kappa shape index (κ3) is 7.74. The number of nitrogens with zero attached hydrogens (tertiary/aromatic N) is 2. The van der Waals surface area contributed by atoms with Gasteiger partial charge >= 0.3 is 12.2 Å². The minimum atomic E-state index is -4.49. The molecule has 8 nitrogen and oxygen atoms in total. The van der Waals surface area contributed by atoms with Gasteiger partial charge in [0.15, 0.2) is 5.82 Å². The molecule has 0 aliphatic carbocycles. The van der Waals surface area contributed by atoms with E-state index in [1.165, 1.54) is 17.7 Å². The Labute approximate surface area is 253 Å². The van der Waals surface area contributed by atoms with Gasteiger partial charge in [0.1, 0.15) is 0 Å². The van der Waals surface area contributed by atoms with Crippen LogP contribution >= 0.6 is 0 Å². The van der Waals surface area contributed by atoms with Crippen molar-refractivity contribution in [2.75, 3.05) is 42.7 Å². The largest absolute Gasteiger partial charge is 0.416 e. The Balaban J connectivity index is 0.000000484. The summed E-state index contributed by atoms with van der Waals surface area (Å²) in [6, 6.07) is 25.2. The average molecular weight is 603 g/mol. The van der Waals surface area contributed by atoms with E-state index in [0.717, 1.165) is 59.4 Å². The quantitative estimate of drug-likeness (QED) is 0.169. The molecule has 1 aliphatic heterocycles. The number of fused-ring (bicyclic) bond motifs is 1. The zero-order valence-electron chi connectivity index (χ0n) is 24.1. The van der Waals surface area contributed by atoms with E-state index < -0.39 is 17.8 Å². The number of benzene rings is 4. The number of carbonyl (C=O) groups is 1. The number of nitrogens with one attached hydrogen (secondary N) is 3. The zero-order valence-corrected chi connectivity index (χ0v) is 24.1. The smallest absolute Gasteiger partial charge is 0.382 e. The lowest BCUT2D eigenvalue weighted by molar-refractivity contribution is -0.137. The summed E-state index contributed by atoms with van der Waals surface area (Å²) in [5.41, 5.74) is 11.0. The minimum Gasteiger partial charge on any atom is -0.382 e. The first-order chi connectivity index (χ1) is 21.2. The first kappa shape index (κ1) is 30.6. The van der Waals surface area contributed by atoms with Crippen molar-refractivity contribution in [3.8, 4) is 11.1 Å². The summed E-state index contributed by atoms with van der Waals surface area (Å²) in [4.78, 5) is 14.7. The van der Waals surface area contributed by atoms with Crippen LogP contribution in [0, 0.1) is 6.92 Å². The number of rotatable bonds is 5.